The predicted octanol–water partition coefficient (Wildman–Crippen LogP) is 4.96. The lowest BCUT2D eigenvalue weighted by molar-refractivity contribution is 0.465. The minimum Gasteiger partial charge on any atom is -0.249 e. The Morgan fingerprint density at radius 1 is 0.906 bits per heavy atom. The average molecular weight is 430 g/mol. The molecule has 0 radical (unpaired) electrons. The van der Waals surface area contributed by atoms with Crippen molar-refractivity contribution < 1.29 is 0 Å². The first kappa shape index (κ1) is 21.9. The first-order valence-electron chi connectivity index (χ1n) is 11.3. The Kier molecular flexibility index (Phi) is 6.73. The second-order valence-corrected chi connectivity index (χ2v) is 9.12. The Morgan fingerprint density at radius 3 is 2.31 bits per heavy atom. The topological polar surface area (TPSA) is 85.2 Å². The van der Waals surface area contributed by atoms with E-state index in [-0.39, 0.29) is 0 Å². The molecule has 0 fully saturated rings. The van der Waals surface area contributed by atoms with E-state index in [0.29, 0.717) is 17.7 Å². The molecular formula is C25H31N7. The number of aromatic nitrogens is 7. The second-order valence-electron chi connectivity index (χ2n) is 9.12. The van der Waals surface area contributed by atoms with Crippen LogP contribution in [0.2, 0.25) is 0 Å². The fourth-order valence-corrected chi connectivity index (χ4v) is 3.77. The molecule has 166 valence electrons. The minimum atomic E-state index is 0.526. The van der Waals surface area contributed by atoms with Crippen molar-refractivity contribution in [1.82, 2.24) is 35.4 Å². The van der Waals surface area contributed by atoms with Crippen molar-refractivity contribution in [2.24, 2.45) is 11.8 Å². The normalized spacial score (nSPS) is 11.6. The van der Waals surface area contributed by atoms with Gasteiger partial charge in [-0.25, -0.2) is 14.8 Å². The van der Waals surface area contributed by atoms with Gasteiger partial charge in [0.2, 0.25) is 0 Å². The summed E-state index contributed by atoms with van der Waals surface area (Å²) in [7, 11) is 0. The number of hydrogen-bond acceptors (Lipinski definition) is 5. The number of H-pyrrole nitrogens is 1. The van der Waals surface area contributed by atoms with Gasteiger partial charge in [-0.05, 0) is 45.4 Å². The zero-order chi connectivity index (χ0) is 22.5. The van der Waals surface area contributed by atoms with E-state index in [1.807, 2.05) is 18.2 Å². The lowest BCUT2D eigenvalue weighted by atomic mass is 9.98. The first-order valence-corrected chi connectivity index (χ1v) is 11.3. The Bertz CT molecular complexity index is 1130. The van der Waals surface area contributed by atoms with Crippen molar-refractivity contribution in [3.8, 4) is 22.5 Å². The molecule has 0 aliphatic heterocycles. The van der Waals surface area contributed by atoms with Crippen LogP contribution >= 0.6 is 0 Å². The summed E-state index contributed by atoms with van der Waals surface area (Å²) in [5.74, 6) is 3.84. The minimum absolute atomic E-state index is 0.526. The molecule has 2 aromatic heterocycles. The molecular weight excluding hydrogens is 398 g/mol. The number of nitrogens with zero attached hydrogens (tertiary/aromatic N) is 6. The summed E-state index contributed by atoms with van der Waals surface area (Å²) in [4.78, 5) is 4.88. The maximum Gasteiger partial charge on any atom is 0.180 e. The van der Waals surface area contributed by atoms with Crippen LogP contribution < -0.4 is 0 Å². The van der Waals surface area contributed by atoms with Crippen molar-refractivity contribution in [3.63, 3.8) is 0 Å². The molecule has 0 aliphatic rings. The number of benzene rings is 2. The summed E-state index contributed by atoms with van der Waals surface area (Å²) in [5, 5.41) is 19.2. The van der Waals surface area contributed by atoms with E-state index in [0.717, 1.165) is 54.1 Å². The summed E-state index contributed by atoms with van der Waals surface area (Å²) in [6.45, 7) is 9.81. The maximum atomic E-state index is 4.88. The molecule has 2 heterocycles. The van der Waals surface area contributed by atoms with Crippen molar-refractivity contribution in [2.75, 3.05) is 0 Å². The van der Waals surface area contributed by atoms with Crippen LogP contribution in [0.3, 0.4) is 0 Å². The van der Waals surface area contributed by atoms with E-state index in [1.165, 1.54) is 5.56 Å². The van der Waals surface area contributed by atoms with Crippen molar-refractivity contribution in [2.45, 2.75) is 53.5 Å². The molecule has 0 aliphatic carbocycles. The zero-order valence-corrected chi connectivity index (χ0v) is 19.3. The third kappa shape index (κ3) is 5.28. The molecule has 32 heavy (non-hydrogen) atoms. The van der Waals surface area contributed by atoms with Crippen LogP contribution in [-0.2, 0) is 19.4 Å². The van der Waals surface area contributed by atoms with E-state index in [1.54, 1.807) is 0 Å². The maximum absolute atomic E-state index is 4.88. The highest BCUT2D eigenvalue weighted by molar-refractivity contribution is 5.80. The van der Waals surface area contributed by atoms with Crippen LogP contribution in [0.15, 0.2) is 48.5 Å². The second kappa shape index (κ2) is 9.85. The summed E-state index contributed by atoms with van der Waals surface area (Å²) in [6.07, 6.45) is 2.82. The van der Waals surface area contributed by atoms with Gasteiger partial charge in [-0.3, -0.25) is 0 Å². The van der Waals surface area contributed by atoms with E-state index < -0.39 is 0 Å². The molecule has 7 nitrogen and oxygen atoms in total. The van der Waals surface area contributed by atoms with Crippen molar-refractivity contribution in [1.29, 1.82) is 0 Å². The molecule has 4 rings (SSSR count). The van der Waals surface area contributed by atoms with Gasteiger partial charge in [0.25, 0.3) is 0 Å². The molecule has 1 N–H and O–H groups in total. The largest absolute Gasteiger partial charge is 0.249 e. The number of rotatable bonds is 9. The summed E-state index contributed by atoms with van der Waals surface area (Å²) < 4.78 is 2.10. The highest BCUT2D eigenvalue weighted by Crippen LogP contribution is 2.30. The Balaban J connectivity index is 1.56. The number of aromatic amines is 1. The van der Waals surface area contributed by atoms with Crippen LogP contribution in [0.5, 0.6) is 0 Å². The average Bonchev–Trinajstić information content (AvgIpc) is 3.43. The van der Waals surface area contributed by atoms with E-state index in [9.17, 15) is 0 Å². The van der Waals surface area contributed by atoms with Gasteiger partial charge in [0.05, 0.1) is 0 Å². The molecule has 0 unspecified atom stereocenters. The van der Waals surface area contributed by atoms with Gasteiger partial charge in [0.15, 0.2) is 11.6 Å². The lowest BCUT2D eigenvalue weighted by Gasteiger charge is -2.10. The quantitative estimate of drug-likeness (QED) is 0.406. The molecule has 0 saturated carbocycles. The fraction of sp³-hybridized carbons (Fsp3) is 0.400. The van der Waals surface area contributed by atoms with Gasteiger partial charge in [-0.2, -0.15) is 5.10 Å². The van der Waals surface area contributed by atoms with Gasteiger partial charge in [-0.15, -0.1) is 5.10 Å². The van der Waals surface area contributed by atoms with E-state index >= 15 is 0 Å². The first-order chi connectivity index (χ1) is 15.5. The monoisotopic (exact) mass is 429 g/mol. The number of hydrogen-bond donors (Lipinski definition) is 1. The zero-order valence-electron chi connectivity index (χ0n) is 19.3. The van der Waals surface area contributed by atoms with Crippen LogP contribution in [-0.4, -0.2) is 35.4 Å². The van der Waals surface area contributed by atoms with E-state index in [4.69, 9.17) is 10.1 Å². The molecule has 0 amide bonds. The van der Waals surface area contributed by atoms with Gasteiger partial charge >= 0.3 is 0 Å². The number of tetrazole rings is 1. The molecule has 2 aromatic carbocycles. The van der Waals surface area contributed by atoms with Gasteiger partial charge in [-0.1, -0.05) is 76.2 Å². The van der Waals surface area contributed by atoms with Crippen LogP contribution in [0.1, 0.15) is 51.3 Å². The Labute approximate surface area is 189 Å². The molecule has 7 heteroatoms. The number of nitrogens with one attached hydrogen (secondary N) is 1. The Morgan fingerprint density at radius 2 is 1.66 bits per heavy atom. The lowest BCUT2D eigenvalue weighted by Crippen LogP contribution is -2.11. The van der Waals surface area contributed by atoms with Crippen LogP contribution in [0.4, 0.5) is 0 Å². The molecule has 0 bridgehead atoms. The summed E-state index contributed by atoms with van der Waals surface area (Å²) >= 11 is 0. The third-order valence-corrected chi connectivity index (χ3v) is 5.43. The SMILES string of the molecule is CC(C)CCc1nc(Cc2ccc(-c3ccccc3-c3nnn[nH]3)cc2)n(CC(C)C)n1. The predicted molar refractivity (Wildman–Crippen MR) is 126 cm³/mol. The van der Waals surface area contributed by atoms with Gasteiger partial charge in [0, 0.05) is 24.9 Å². The fourth-order valence-electron chi connectivity index (χ4n) is 3.77. The van der Waals surface area contributed by atoms with Gasteiger partial charge in [0.1, 0.15) is 5.82 Å². The van der Waals surface area contributed by atoms with Crippen LogP contribution in [0.25, 0.3) is 22.5 Å². The summed E-state index contributed by atoms with van der Waals surface area (Å²) in [6, 6.07) is 16.8. The third-order valence-electron chi connectivity index (χ3n) is 5.43. The highest BCUT2D eigenvalue weighted by atomic mass is 15.5. The smallest absolute Gasteiger partial charge is 0.180 e. The highest BCUT2D eigenvalue weighted by Gasteiger charge is 2.14. The number of aryl methyl sites for hydroxylation is 1. The Hall–Kier alpha value is -3.35. The van der Waals surface area contributed by atoms with Crippen molar-refractivity contribution >= 4 is 0 Å². The van der Waals surface area contributed by atoms with Gasteiger partial charge < -0.3 is 0 Å². The standard InChI is InChI=1S/C25H31N7/c1-17(2)9-14-23-26-24(32(29-23)16-18(3)4)15-19-10-12-20(13-11-19)21-7-5-6-8-22(21)25-27-30-31-28-25/h5-8,10-13,17-18H,9,14-16H2,1-4H3,(H,27,28,30,31). The van der Waals surface area contributed by atoms with Crippen molar-refractivity contribution in [3.05, 3.63) is 65.7 Å². The van der Waals surface area contributed by atoms with E-state index in [2.05, 4.69) is 83.3 Å². The molecule has 0 spiro atoms. The molecule has 0 saturated heterocycles. The molecule has 4 aromatic rings. The molecule has 0 atom stereocenters. The van der Waals surface area contributed by atoms with Crippen LogP contribution in [0, 0.1) is 11.8 Å². The summed E-state index contributed by atoms with van der Waals surface area (Å²) in [5.41, 5.74) is 4.43.